The van der Waals surface area contributed by atoms with Gasteiger partial charge in [0.25, 0.3) is 0 Å². The lowest BCUT2D eigenvalue weighted by Gasteiger charge is -2.30. The van der Waals surface area contributed by atoms with Gasteiger partial charge in [-0.1, -0.05) is 51.1 Å². The van der Waals surface area contributed by atoms with Crippen LogP contribution in [0, 0.1) is 5.41 Å². The lowest BCUT2D eigenvalue weighted by atomic mass is 9.85. The van der Waals surface area contributed by atoms with Gasteiger partial charge in [0.2, 0.25) is 0 Å². The van der Waals surface area contributed by atoms with Crippen LogP contribution in [0.5, 0.6) is 0 Å². The van der Waals surface area contributed by atoms with Crippen molar-refractivity contribution in [1.82, 2.24) is 9.78 Å². The molecule has 4 heteroatoms. The summed E-state index contributed by atoms with van der Waals surface area (Å²) in [6.45, 7) is 6.85. The van der Waals surface area contributed by atoms with Crippen molar-refractivity contribution in [2.45, 2.75) is 46.3 Å². The maximum atomic E-state index is 12.1. The highest BCUT2D eigenvalue weighted by Crippen LogP contribution is 2.26. The average molecular weight is 300 g/mol. The van der Waals surface area contributed by atoms with Crippen LogP contribution in [0.3, 0.4) is 0 Å². The number of carbonyl (C=O) groups is 1. The highest BCUT2D eigenvalue weighted by Gasteiger charge is 2.28. The molecule has 0 aliphatic carbocycles. The normalized spacial score (nSPS) is 12.9. The Balaban J connectivity index is 1.93. The van der Waals surface area contributed by atoms with E-state index in [2.05, 4.69) is 38.0 Å². The summed E-state index contributed by atoms with van der Waals surface area (Å²) in [5.41, 5.74) is 1.08. The van der Waals surface area contributed by atoms with Crippen LogP contribution in [0.1, 0.15) is 32.8 Å². The van der Waals surface area contributed by atoms with Crippen LogP contribution in [0.4, 0.5) is 0 Å². The van der Waals surface area contributed by atoms with E-state index < -0.39 is 0 Å². The topological polar surface area (TPSA) is 44.1 Å². The average Bonchev–Trinajstić information content (AvgIpc) is 2.98. The van der Waals surface area contributed by atoms with Crippen LogP contribution in [-0.2, 0) is 22.5 Å². The van der Waals surface area contributed by atoms with Crippen molar-refractivity contribution < 1.29 is 9.53 Å². The van der Waals surface area contributed by atoms with Crippen molar-refractivity contribution >= 4 is 5.97 Å². The first-order valence-electron chi connectivity index (χ1n) is 7.66. The van der Waals surface area contributed by atoms with E-state index in [1.54, 1.807) is 10.9 Å². The summed E-state index contributed by atoms with van der Waals surface area (Å²) in [5.74, 6) is -0.175. The van der Waals surface area contributed by atoms with Gasteiger partial charge in [0.15, 0.2) is 0 Å². The van der Waals surface area contributed by atoms with Crippen LogP contribution >= 0.6 is 0 Å². The quantitative estimate of drug-likeness (QED) is 0.767. The molecule has 2 aromatic rings. The molecule has 4 nitrogen and oxygen atoms in total. The van der Waals surface area contributed by atoms with Gasteiger partial charge in [-0.15, -0.1) is 0 Å². The highest BCUT2D eigenvalue weighted by atomic mass is 16.5. The predicted molar refractivity (Wildman–Crippen MR) is 86.3 cm³/mol. The first-order valence-corrected chi connectivity index (χ1v) is 7.66. The fourth-order valence-electron chi connectivity index (χ4n) is 2.21. The molecule has 0 aliphatic heterocycles. The third-order valence-electron chi connectivity index (χ3n) is 3.61. The Hall–Kier alpha value is -2.10. The summed E-state index contributed by atoms with van der Waals surface area (Å²) in [5, 5.41) is 4.09. The van der Waals surface area contributed by atoms with E-state index in [9.17, 15) is 4.79 Å². The molecule has 0 saturated carbocycles. The smallest absolute Gasteiger partial charge is 0.307 e. The van der Waals surface area contributed by atoms with Crippen LogP contribution < -0.4 is 0 Å². The standard InChI is InChI=1S/C18H24N2O2/c1-18(2,3)16(14-15-8-5-4-6-9-15)22-17(21)10-13-20-12-7-11-19-20/h4-9,11-12,16H,10,13-14H2,1-3H3. The summed E-state index contributed by atoms with van der Waals surface area (Å²) in [6, 6.07) is 12.0. The number of carbonyl (C=O) groups excluding carboxylic acids is 1. The van der Waals surface area contributed by atoms with Crippen molar-refractivity contribution in [1.29, 1.82) is 0 Å². The van der Waals surface area contributed by atoms with Crippen molar-refractivity contribution in [3.8, 4) is 0 Å². The van der Waals surface area contributed by atoms with Crippen LogP contribution in [0.25, 0.3) is 0 Å². The summed E-state index contributed by atoms with van der Waals surface area (Å²) >= 11 is 0. The van der Waals surface area contributed by atoms with E-state index in [0.29, 0.717) is 13.0 Å². The lowest BCUT2D eigenvalue weighted by Crippen LogP contribution is -2.34. The Labute approximate surface area is 132 Å². The van der Waals surface area contributed by atoms with Crippen molar-refractivity contribution in [3.05, 3.63) is 54.4 Å². The third-order valence-corrected chi connectivity index (χ3v) is 3.61. The third kappa shape index (κ3) is 5.02. The first-order chi connectivity index (χ1) is 10.4. The van der Waals surface area contributed by atoms with E-state index in [1.807, 2.05) is 30.5 Å². The second-order valence-corrected chi connectivity index (χ2v) is 6.55. The predicted octanol–water partition coefficient (Wildman–Crippen LogP) is 3.47. The van der Waals surface area contributed by atoms with E-state index in [0.717, 1.165) is 6.42 Å². The van der Waals surface area contributed by atoms with Gasteiger partial charge in [0, 0.05) is 18.8 Å². The van der Waals surface area contributed by atoms with Gasteiger partial charge in [0.1, 0.15) is 6.10 Å². The summed E-state index contributed by atoms with van der Waals surface area (Å²) in [7, 11) is 0. The fourth-order valence-corrected chi connectivity index (χ4v) is 2.21. The molecule has 0 fully saturated rings. The molecular formula is C18H24N2O2. The second-order valence-electron chi connectivity index (χ2n) is 6.55. The molecule has 1 unspecified atom stereocenters. The Morgan fingerprint density at radius 3 is 2.55 bits per heavy atom. The first kappa shape index (κ1) is 16.3. The molecule has 2 rings (SSSR count). The molecule has 1 aromatic carbocycles. The summed E-state index contributed by atoms with van der Waals surface area (Å²) in [6.07, 6.45) is 4.48. The van der Waals surface area contributed by atoms with Crippen molar-refractivity contribution in [2.75, 3.05) is 0 Å². The van der Waals surface area contributed by atoms with Gasteiger partial charge in [-0.25, -0.2) is 0 Å². The Kier molecular flexibility index (Phi) is 5.36. The van der Waals surface area contributed by atoms with Gasteiger partial charge in [0.05, 0.1) is 13.0 Å². The van der Waals surface area contributed by atoms with Crippen molar-refractivity contribution in [3.63, 3.8) is 0 Å². The zero-order valence-electron chi connectivity index (χ0n) is 13.5. The molecule has 0 aliphatic rings. The van der Waals surface area contributed by atoms with E-state index in [1.165, 1.54) is 5.56 Å². The summed E-state index contributed by atoms with van der Waals surface area (Å²) < 4.78 is 7.48. The minimum absolute atomic E-state index is 0.1000. The second kappa shape index (κ2) is 7.25. The zero-order valence-corrected chi connectivity index (χ0v) is 13.5. The van der Waals surface area contributed by atoms with Crippen molar-refractivity contribution in [2.24, 2.45) is 5.41 Å². The minimum atomic E-state index is -0.175. The SMILES string of the molecule is CC(C)(C)C(Cc1ccccc1)OC(=O)CCn1cccn1. The number of ether oxygens (including phenoxy) is 1. The van der Waals surface area contributed by atoms with E-state index in [4.69, 9.17) is 4.74 Å². The number of benzene rings is 1. The van der Waals surface area contributed by atoms with E-state index >= 15 is 0 Å². The zero-order chi connectivity index (χ0) is 16.0. The molecule has 0 bridgehead atoms. The maximum absolute atomic E-state index is 12.1. The fraction of sp³-hybridized carbons (Fsp3) is 0.444. The van der Waals surface area contributed by atoms with Crippen LogP contribution in [-0.4, -0.2) is 21.9 Å². The number of aryl methyl sites for hydroxylation is 1. The Bertz CT molecular complexity index is 571. The number of nitrogens with zero attached hydrogens (tertiary/aromatic N) is 2. The number of rotatable bonds is 6. The number of hydrogen-bond acceptors (Lipinski definition) is 3. The number of aromatic nitrogens is 2. The Morgan fingerprint density at radius 1 is 1.23 bits per heavy atom. The molecule has 118 valence electrons. The molecule has 1 heterocycles. The number of esters is 1. The summed E-state index contributed by atoms with van der Waals surface area (Å²) in [4.78, 5) is 12.1. The van der Waals surface area contributed by atoms with Gasteiger partial charge < -0.3 is 4.74 Å². The molecule has 0 spiro atoms. The maximum Gasteiger partial charge on any atom is 0.307 e. The molecule has 0 N–H and O–H groups in total. The lowest BCUT2D eigenvalue weighted by molar-refractivity contribution is -0.154. The molecule has 22 heavy (non-hydrogen) atoms. The van der Waals surface area contributed by atoms with Gasteiger partial charge in [-0.05, 0) is 17.0 Å². The van der Waals surface area contributed by atoms with Crippen LogP contribution in [0.15, 0.2) is 48.8 Å². The monoisotopic (exact) mass is 300 g/mol. The minimum Gasteiger partial charge on any atom is -0.461 e. The Morgan fingerprint density at radius 2 is 1.95 bits per heavy atom. The van der Waals surface area contributed by atoms with Gasteiger partial charge in [-0.2, -0.15) is 5.10 Å². The highest BCUT2D eigenvalue weighted by molar-refractivity contribution is 5.69. The molecular weight excluding hydrogens is 276 g/mol. The number of hydrogen-bond donors (Lipinski definition) is 0. The van der Waals surface area contributed by atoms with E-state index in [-0.39, 0.29) is 17.5 Å². The van der Waals surface area contributed by atoms with Gasteiger partial charge >= 0.3 is 5.97 Å². The molecule has 0 radical (unpaired) electrons. The molecule has 1 aromatic heterocycles. The molecule has 0 amide bonds. The molecule has 0 saturated heterocycles. The largest absolute Gasteiger partial charge is 0.461 e. The van der Waals surface area contributed by atoms with Gasteiger partial charge in [-0.3, -0.25) is 9.48 Å². The van der Waals surface area contributed by atoms with Crippen LogP contribution in [0.2, 0.25) is 0 Å². The molecule has 1 atom stereocenters.